The lowest BCUT2D eigenvalue weighted by Gasteiger charge is -2.38. The number of carboxylic acid groups (broad SMARTS) is 1. The Balaban J connectivity index is 2.32. The Kier molecular flexibility index (Phi) is 3.54. The highest BCUT2D eigenvalue weighted by Gasteiger charge is 2.31. The van der Waals surface area contributed by atoms with Gasteiger partial charge in [-0.05, 0) is 25.1 Å². The van der Waals surface area contributed by atoms with Crippen LogP contribution in [0.4, 0.5) is 5.69 Å². The van der Waals surface area contributed by atoms with E-state index in [4.69, 9.17) is 16.7 Å². The molecule has 0 aliphatic carbocycles. The van der Waals surface area contributed by atoms with Crippen LogP contribution in [-0.4, -0.2) is 29.4 Å². The minimum Gasteiger partial charge on any atom is -0.481 e. The molecule has 2 atom stereocenters. The smallest absolute Gasteiger partial charge is 0.304 e. The van der Waals surface area contributed by atoms with Crippen molar-refractivity contribution in [3.05, 3.63) is 23.2 Å². The Morgan fingerprint density at radius 3 is 2.94 bits per heavy atom. The standard InChI is InChI=1S/C12H14ClNO2S/c1-7-11(6-12(15)16)17-10-4-3-8(13)5-9(10)14(7)2/h3-5,7,11H,6H2,1-2H3,(H,15,16). The van der Waals surface area contributed by atoms with Crippen LogP contribution < -0.4 is 4.90 Å². The lowest BCUT2D eigenvalue weighted by molar-refractivity contribution is -0.137. The number of hydrogen-bond donors (Lipinski definition) is 1. The maximum Gasteiger partial charge on any atom is 0.304 e. The second-order valence-electron chi connectivity index (χ2n) is 4.22. The summed E-state index contributed by atoms with van der Waals surface area (Å²) in [4.78, 5) is 14.0. The van der Waals surface area contributed by atoms with Gasteiger partial charge in [0, 0.05) is 28.3 Å². The molecule has 0 radical (unpaired) electrons. The van der Waals surface area contributed by atoms with Gasteiger partial charge in [0.25, 0.3) is 0 Å². The number of aliphatic carboxylic acids is 1. The number of anilines is 1. The van der Waals surface area contributed by atoms with Crippen LogP contribution >= 0.6 is 23.4 Å². The summed E-state index contributed by atoms with van der Waals surface area (Å²) in [5.41, 5.74) is 1.08. The van der Waals surface area contributed by atoms with E-state index in [0.717, 1.165) is 10.6 Å². The number of fused-ring (bicyclic) bond motifs is 1. The Morgan fingerprint density at radius 2 is 2.29 bits per heavy atom. The van der Waals surface area contributed by atoms with Crippen LogP contribution in [0, 0.1) is 0 Å². The largest absolute Gasteiger partial charge is 0.481 e. The maximum atomic E-state index is 10.8. The van der Waals surface area contributed by atoms with Crippen LogP contribution in [0.15, 0.2) is 23.1 Å². The number of thioether (sulfide) groups is 1. The summed E-state index contributed by atoms with van der Waals surface area (Å²) in [7, 11) is 1.98. The molecule has 5 heteroatoms. The predicted octanol–water partition coefficient (Wildman–Crippen LogP) is 3.11. The number of nitrogens with zero attached hydrogens (tertiary/aromatic N) is 1. The van der Waals surface area contributed by atoms with E-state index in [0.29, 0.717) is 5.02 Å². The van der Waals surface area contributed by atoms with Crippen LogP contribution in [0.1, 0.15) is 13.3 Å². The molecule has 92 valence electrons. The van der Waals surface area contributed by atoms with Gasteiger partial charge < -0.3 is 10.0 Å². The Morgan fingerprint density at radius 1 is 1.59 bits per heavy atom. The van der Waals surface area contributed by atoms with E-state index in [9.17, 15) is 4.79 Å². The fourth-order valence-corrected chi connectivity index (χ4v) is 3.55. The van der Waals surface area contributed by atoms with Gasteiger partial charge in [0.2, 0.25) is 0 Å². The van der Waals surface area contributed by atoms with E-state index in [1.165, 1.54) is 0 Å². The van der Waals surface area contributed by atoms with Crippen molar-refractivity contribution < 1.29 is 9.90 Å². The Labute approximate surface area is 110 Å². The Hall–Kier alpha value is -0.870. The van der Waals surface area contributed by atoms with Crippen molar-refractivity contribution in [2.24, 2.45) is 0 Å². The summed E-state index contributed by atoms with van der Waals surface area (Å²) in [6.45, 7) is 2.05. The van der Waals surface area contributed by atoms with Crippen LogP contribution in [-0.2, 0) is 4.79 Å². The van der Waals surface area contributed by atoms with Gasteiger partial charge in [-0.15, -0.1) is 11.8 Å². The number of carbonyl (C=O) groups is 1. The summed E-state index contributed by atoms with van der Waals surface area (Å²) < 4.78 is 0. The molecule has 17 heavy (non-hydrogen) atoms. The van der Waals surface area contributed by atoms with Crippen molar-refractivity contribution in [3.63, 3.8) is 0 Å². The molecule has 1 N–H and O–H groups in total. The maximum absolute atomic E-state index is 10.8. The van der Waals surface area contributed by atoms with Crippen molar-refractivity contribution in [2.75, 3.05) is 11.9 Å². The van der Waals surface area contributed by atoms with Gasteiger partial charge in [0.15, 0.2) is 0 Å². The molecule has 1 aliphatic rings. The molecule has 1 heterocycles. The second kappa shape index (κ2) is 4.78. The van der Waals surface area contributed by atoms with Crippen LogP contribution in [0.25, 0.3) is 0 Å². The van der Waals surface area contributed by atoms with Crippen LogP contribution in [0.2, 0.25) is 5.02 Å². The van der Waals surface area contributed by atoms with Crippen molar-refractivity contribution in [2.45, 2.75) is 29.5 Å². The van der Waals surface area contributed by atoms with Gasteiger partial charge in [0.1, 0.15) is 0 Å². The molecule has 0 spiro atoms. The molecule has 0 amide bonds. The second-order valence-corrected chi connectivity index (χ2v) is 5.94. The number of benzene rings is 1. The molecular weight excluding hydrogens is 258 g/mol. The van der Waals surface area contributed by atoms with E-state index in [2.05, 4.69) is 4.90 Å². The van der Waals surface area contributed by atoms with Gasteiger partial charge in [-0.3, -0.25) is 4.79 Å². The average Bonchev–Trinajstić information content (AvgIpc) is 2.26. The van der Waals surface area contributed by atoms with Gasteiger partial charge in [-0.2, -0.15) is 0 Å². The highest BCUT2D eigenvalue weighted by Crippen LogP contribution is 2.43. The van der Waals surface area contributed by atoms with Gasteiger partial charge >= 0.3 is 5.97 Å². The minimum absolute atomic E-state index is 0.0752. The molecule has 1 aromatic rings. The SMILES string of the molecule is CC1C(CC(=O)O)Sc2ccc(Cl)cc2N1C. The first-order valence-electron chi connectivity index (χ1n) is 5.40. The summed E-state index contributed by atoms with van der Waals surface area (Å²) in [5, 5.41) is 9.69. The van der Waals surface area contributed by atoms with E-state index in [1.54, 1.807) is 11.8 Å². The zero-order chi connectivity index (χ0) is 12.6. The molecule has 0 saturated heterocycles. The topological polar surface area (TPSA) is 40.5 Å². The molecule has 0 bridgehead atoms. The lowest BCUT2D eigenvalue weighted by Crippen LogP contribution is -2.41. The summed E-state index contributed by atoms with van der Waals surface area (Å²) >= 11 is 7.61. The quantitative estimate of drug-likeness (QED) is 0.897. The van der Waals surface area contributed by atoms with Crippen LogP contribution in [0.5, 0.6) is 0 Å². The first kappa shape index (κ1) is 12.6. The lowest BCUT2D eigenvalue weighted by atomic mass is 10.1. The minimum atomic E-state index is -0.750. The van der Waals surface area contributed by atoms with Crippen LogP contribution in [0.3, 0.4) is 0 Å². The third-order valence-electron chi connectivity index (χ3n) is 3.10. The van der Waals surface area contributed by atoms with E-state index < -0.39 is 5.97 Å². The number of halogens is 1. The molecule has 1 aromatic carbocycles. The third-order valence-corrected chi connectivity index (χ3v) is 4.80. The molecular formula is C12H14ClNO2S. The monoisotopic (exact) mass is 271 g/mol. The molecule has 2 unspecified atom stereocenters. The molecule has 3 nitrogen and oxygen atoms in total. The fourth-order valence-electron chi connectivity index (χ4n) is 1.98. The average molecular weight is 272 g/mol. The molecule has 0 fully saturated rings. The van der Waals surface area contributed by atoms with E-state index >= 15 is 0 Å². The van der Waals surface area contributed by atoms with Crippen molar-refractivity contribution in [1.82, 2.24) is 0 Å². The fraction of sp³-hybridized carbons (Fsp3) is 0.417. The van der Waals surface area contributed by atoms with Crippen molar-refractivity contribution >= 4 is 35.0 Å². The van der Waals surface area contributed by atoms with Gasteiger partial charge in [-0.1, -0.05) is 11.6 Å². The summed E-state index contributed by atoms with van der Waals surface area (Å²) in [6, 6.07) is 5.91. The summed E-state index contributed by atoms with van der Waals surface area (Å²) in [6.07, 6.45) is 0.179. The Bertz CT molecular complexity index is 452. The first-order chi connectivity index (χ1) is 7.99. The summed E-state index contributed by atoms with van der Waals surface area (Å²) in [5.74, 6) is -0.750. The van der Waals surface area contributed by atoms with E-state index in [1.807, 2.05) is 32.2 Å². The first-order valence-corrected chi connectivity index (χ1v) is 6.65. The van der Waals surface area contributed by atoms with Gasteiger partial charge in [0.05, 0.1) is 12.1 Å². The van der Waals surface area contributed by atoms with Crippen molar-refractivity contribution in [3.8, 4) is 0 Å². The number of hydrogen-bond acceptors (Lipinski definition) is 3. The molecule has 1 aliphatic heterocycles. The highest BCUT2D eigenvalue weighted by molar-refractivity contribution is 8.00. The molecule has 0 aromatic heterocycles. The van der Waals surface area contributed by atoms with Crippen molar-refractivity contribution in [1.29, 1.82) is 0 Å². The normalized spacial score (nSPS) is 23.4. The zero-order valence-corrected chi connectivity index (χ0v) is 11.3. The number of rotatable bonds is 2. The van der Waals surface area contributed by atoms with E-state index in [-0.39, 0.29) is 17.7 Å². The third kappa shape index (κ3) is 2.53. The predicted molar refractivity (Wildman–Crippen MR) is 71.2 cm³/mol. The molecule has 2 rings (SSSR count). The highest BCUT2D eigenvalue weighted by atomic mass is 35.5. The van der Waals surface area contributed by atoms with Gasteiger partial charge in [-0.25, -0.2) is 0 Å². The zero-order valence-electron chi connectivity index (χ0n) is 9.68. The molecule has 0 saturated carbocycles. The number of carboxylic acids is 1.